The molecular weight excluding hydrogens is 888 g/mol. The van der Waals surface area contributed by atoms with Gasteiger partial charge in [0.05, 0.1) is 35.7 Å². The monoisotopic (exact) mass is 956 g/mol. The molecule has 0 radical (unpaired) electrons. The van der Waals surface area contributed by atoms with Crippen molar-refractivity contribution in [3.63, 3.8) is 0 Å². The minimum absolute atomic E-state index is 0. The number of hydrogen-bond donors (Lipinski definition) is 7. The van der Waals surface area contributed by atoms with Crippen molar-refractivity contribution in [1.29, 1.82) is 0 Å². The van der Waals surface area contributed by atoms with Crippen molar-refractivity contribution in [1.82, 2.24) is 30.8 Å². The van der Waals surface area contributed by atoms with Crippen molar-refractivity contribution in [2.24, 2.45) is 11.8 Å². The number of pyridine rings is 2. The number of likely N-dealkylation sites (tertiary alicyclic amines) is 1. The molecule has 2 aliphatic heterocycles. The van der Waals surface area contributed by atoms with Crippen molar-refractivity contribution in [3.8, 4) is 45.5 Å². The van der Waals surface area contributed by atoms with Gasteiger partial charge in [0.2, 0.25) is 11.8 Å². The number of phenols is 2. The molecular formula is C51H69ClN8O8. The summed E-state index contributed by atoms with van der Waals surface area (Å²) in [5.41, 5.74) is 17.9. The fourth-order valence-corrected chi connectivity index (χ4v) is 8.64. The van der Waals surface area contributed by atoms with Gasteiger partial charge < -0.3 is 56.7 Å². The van der Waals surface area contributed by atoms with Crippen LogP contribution in [0.4, 0.5) is 16.4 Å². The van der Waals surface area contributed by atoms with Crippen LogP contribution in [0.25, 0.3) is 22.5 Å². The molecule has 368 valence electrons. The van der Waals surface area contributed by atoms with Crippen LogP contribution in [0.5, 0.6) is 23.0 Å². The van der Waals surface area contributed by atoms with Crippen LogP contribution in [0, 0.1) is 11.8 Å². The lowest BCUT2D eigenvalue weighted by atomic mass is 9.86. The number of rotatable bonds is 14. The van der Waals surface area contributed by atoms with Gasteiger partial charge in [0, 0.05) is 63.6 Å². The molecule has 68 heavy (non-hydrogen) atoms. The summed E-state index contributed by atoms with van der Waals surface area (Å²) >= 11 is 0. The number of ether oxygens (including phenoxy) is 3. The first-order chi connectivity index (χ1) is 32.0. The number of amides is 3. The number of nitrogens with one attached hydrogen (secondary N) is 3. The summed E-state index contributed by atoms with van der Waals surface area (Å²) in [6, 6.07) is 14.4. The van der Waals surface area contributed by atoms with Gasteiger partial charge in [-0.3, -0.25) is 9.59 Å². The number of nitrogen functional groups attached to an aromatic ring is 2. The van der Waals surface area contributed by atoms with Crippen molar-refractivity contribution < 1.29 is 38.8 Å². The van der Waals surface area contributed by atoms with Gasteiger partial charge in [0.25, 0.3) is 0 Å². The highest BCUT2D eigenvalue weighted by Gasteiger charge is 2.32. The molecule has 2 saturated carbocycles. The van der Waals surface area contributed by atoms with E-state index in [0.29, 0.717) is 90.1 Å². The number of phenolic OH excluding ortho intramolecular Hbond substituents is 2. The third kappa shape index (κ3) is 13.8. The predicted molar refractivity (Wildman–Crippen MR) is 265 cm³/mol. The minimum atomic E-state index is -0.587. The first-order valence-electron chi connectivity index (χ1n) is 23.7. The van der Waals surface area contributed by atoms with Gasteiger partial charge in [-0.1, -0.05) is 12.1 Å². The van der Waals surface area contributed by atoms with Crippen molar-refractivity contribution in [3.05, 3.63) is 70.8 Å². The molecule has 4 aromatic rings. The normalized spacial score (nSPS) is 18.0. The topological polar surface area (TPSA) is 237 Å². The van der Waals surface area contributed by atoms with E-state index in [4.69, 9.17) is 25.7 Å². The predicted octanol–water partition coefficient (Wildman–Crippen LogP) is 7.93. The van der Waals surface area contributed by atoms with E-state index in [1.54, 1.807) is 29.2 Å². The number of aromatic hydroxyl groups is 2. The Morgan fingerprint density at radius 1 is 0.750 bits per heavy atom. The molecule has 0 spiro atoms. The zero-order valence-corrected chi connectivity index (χ0v) is 40.8. The number of halogens is 1. The van der Waals surface area contributed by atoms with Gasteiger partial charge in [-0.2, -0.15) is 0 Å². The summed E-state index contributed by atoms with van der Waals surface area (Å²) < 4.78 is 17.7. The Hall–Kier alpha value is -6.00. The SMILES string of the molecule is CC(=O)NCc1c(C2CCCN(C(=O)OC(C)(C)C)C2)cc(-c2c(O)cccc2OCC2CC2)nc1N.CC(=O)NCc1c(C2CCCNC2)cc(-c2c(O)cccc2OCC2CC2)nc1N.Cl. The molecule has 16 nitrogen and oxygen atoms in total. The van der Waals surface area contributed by atoms with Crippen LogP contribution >= 0.6 is 12.4 Å². The van der Waals surface area contributed by atoms with Crippen LogP contribution in [-0.2, 0) is 27.4 Å². The Balaban J connectivity index is 0.000000225. The van der Waals surface area contributed by atoms with Gasteiger partial charge in [-0.25, -0.2) is 14.8 Å². The molecule has 4 heterocycles. The maximum Gasteiger partial charge on any atom is 0.410 e. The van der Waals surface area contributed by atoms with Crippen molar-refractivity contribution >= 4 is 42.0 Å². The largest absolute Gasteiger partial charge is 0.507 e. The Morgan fingerprint density at radius 2 is 1.24 bits per heavy atom. The number of piperidine rings is 2. The summed E-state index contributed by atoms with van der Waals surface area (Å²) in [5, 5.41) is 30.6. The smallest absolute Gasteiger partial charge is 0.410 e. The maximum absolute atomic E-state index is 12.8. The second-order valence-electron chi connectivity index (χ2n) is 19.4. The Kier molecular flexibility index (Phi) is 17.3. The summed E-state index contributed by atoms with van der Waals surface area (Å²) in [5.74, 6) is 3.08. The quantitative estimate of drug-likeness (QED) is 0.0637. The summed E-state index contributed by atoms with van der Waals surface area (Å²) in [7, 11) is 0. The van der Waals surface area contributed by atoms with Crippen molar-refractivity contribution in [2.45, 2.75) is 117 Å². The number of anilines is 2. The average molecular weight is 958 g/mol. The first kappa shape index (κ1) is 51.4. The van der Waals surface area contributed by atoms with Crippen LogP contribution < -0.4 is 36.9 Å². The van der Waals surface area contributed by atoms with E-state index >= 15 is 0 Å². The fraction of sp³-hybridized carbons (Fsp3) is 0.510. The number of carbonyl (C=O) groups excluding carboxylic acids is 3. The summed E-state index contributed by atoms with van der Waals surface area (Å²) in [6.07, 6.45) is 8.08. The molecule has 9 N–H and O–H groups in total. The van der Waals surface area contributed by atoms with Gasteiger partial charge in [-0.15, -0.1) is 12.4 Å². The van der Waals surface area contributed by atoms with E-state index in [0.717, 1.165) is 68.3 Å². The molecule has 0 bridgehead atoms. The standard InChI is InChI=1S/C28H38N4O5.C23H30N4O3.ClH/c1-17(33)30-14-21-20(19-7-6-12-32(15-19)27(35)37-28(2,3)4)13-22(31-26(21)29)25-23(34)8-5-9-24(25)36-16-18-10-11-18;1-14(28)26-12-18-17(16-4-3-9-25-11-16)10-19(27-23(18)24)22-20(29)5-2-6-21(22)30-13-15-7-8-15;/h5,8-9,13,18-19,34H,6-7,10-12,14-16H2,1-4H3,(H2,29,31)(H,30,33);2,5-6,10,15-16,25,29H,3-4,7-9,11-13H2,1H3,(H2,24,27)(H,26,28);1H. The van der Waals surface area contributed by atoms with E-state index in [9.17, 15) is 24.6 Å². The lowest BCUT2D eigenvalue weighted by Crippen LogP contribution is -2.42. The number of nitrogens with two attached hydrogens (primary N) is 2. The zero-order valence-electron chi connectivity index (χ0n) is 40.0. The second kappa shape index (κ2) is 22.9. The molecule has 2 saturated heterocycles. The minimum Gasteiger partial charge on any atom is -0.507 e. The zero-order chi connectivity index (χ0) is 47.8. The van der Waals surface area contributed by atoms with Crippen LogP contribution in [0.2, 0.25) is 0 Å². The Bertz CT molecular complexity index is 2410. The Morgan fingerprint density at radius 3 is 1.68 bits per heavy atom. The molecule has 4 fully saturated rings. The highest BCUT2D eigenvalue weighted by Crippen LogP contribution is 2.43. The van der Waals surface area contributed by atoms with Gasteiger partial charge in [-0.05, 0) is 144 Å². The number of benzene rings is 2. The first-order valence-corrected chi connectivity index (χ1v) is 23.7. The Labute approximate surface area is 405 Å². The van der Waals surface area contributed by atoms with Gasteiger partial charge >= 0.3 is 6.09 Å². The third-order valence-corrected chi connectivity index (χ3v) is 12.5. The molecule has 2 aromatic heterocycles. The number of aromatic nitrogens is 2. The van der Waals surface area contributed by atoms with E-state index in [1.807, 2.05) is 45.0 Å². The molecule has 17 heteroatoms. The maximum atomic E-state index is 12.8. The third-order valence-electron chi connectivity index (χ3n) is 12.5. The molecule has 3 amide bonds. The van der Waals surface area contributed by atoms with E-state index in [2.05, 4.69) is 25.9 Å². The van der Waals surface area contributed by atoms with Crippen LogP contribution in [-0.4, -0.2) is 88.0 Å². The van der Waals surface area contributed by atoms with E-state index in [-0.39, 0.29) is 66.0 Å². The van der Waals surface area contributed by atoms with Crippen LogP contribution in [0.15, 0.2) is 48.5 Å². The highest BCUT2D eigenvalue weighted by molar-refractivity contribution is 5.85. The lowest BCUT2D eigenvalue weighted by molar-refractivity contribution is -0.120. The summed E-state index contributed by atoms with van der Waals surface area (Å²) in [6.45, 7) is 13.2. The highest BCUT2D eigenvalue weighted by atomic mass is 35.5. The van der Waals surface area contributed by atoms with Crippen LogP contribution in [0.1, 0.15) is 120 Å². The molecule has 8 rings (SSSR count). The average Bonchev–Trinajstić information content (AvgIpc) is 4.23. The molecule has 2 unspecified atom stereocenters. The molecule has 2 aromatic carbocycles. The van der Waals surface area contributed by atoms with Crippen LogP contribution in [0.3, 0.4) is 0 Å². The number of hydrogen-bond acceptors (Lipinski definition) is 13. The van der Waals surface area contributed by atoms with Gasteiger partial charge in [0.1, 0.15) is 40.2 Å². The fourth-order valence-electron chi connectivity index (χ4n) is 8.64. The van der Waals surface area contributed by atoms with Crippen molar-refractivity contribution in [2.75, 3.05) is 50.9 Å². The lowest BCUT2D eigenvalue weighted by Gasteiger charge is -2.35. The number of carbonyl (C=O) groups is 3. The molecule has 4 aliphatic rings. The molecule has 2 atom stereocenters. The molecule has 2 aliphatic carbocycles. The van der Waals surface area contributed by atoms with E-state index < -0.39 is 5.60 Å². The van der Waals surface area contributed by atoms with Gasteiger partial charge in [0.15, 0.2) is 0 Å². The second-order valence-corrected chi connectivity index (χ2v) is 19.4. The summed E-state index contributed by atoms with van der Waals surface area (Å²) in [4.78, 5) is 47.0. The number of nitrogens with zero attached hydrogens (tertiary/aromatic N) is 3. The van der Waals surface area contributed by atoms with E-state index in [1.165, 1.54) is 26.7 Å².